The van der Waals surface area contributed by atoms with Crippen LogP contribution in [0.3, 0.4) is 0 Å². The lowest BCUT2D eigenvalue weighted by molar-refractivity contribution is -0.129. The zero-order valence-electron chi connectivity index (χ0n) is 20.6. The summed E-state index contributed by atoms with van der Waals surface area (Å²) in [5, 5.41) is 27.3. The minimum atomic E-state index is -0.953. The Morgan fingerprint density at radius 2 is 1.64 bits per heavy atom. The van der Waals surface area contributed by atoms with Gasteiger partial charge in [0.05, 0.1) is 6.54 Å². The van der Waals surface area contributed by atoms with E-state index in [0.717, 1.165) is 0 Å². The summed E-state index contributed by atoms with van der Waals surface area (Å²) >= 11 is 0. The lowest BCUT2D eigenvalue weighted by Crippen LogP contribution is -2.48. The van der Waals surface area contributed by atoms with Crippen LogP contribution in [0.2, 0.25) is 0 Å². The average molecular weight is 532 g/mol. The molecule has 3 amide bonds. The number of nitrogens with one attached hydrogen (secondary N) is 3. The standard InChI is InChI=1S/C27H25N5O7/c33-18-5-2-16(3-6-18)12-21(26(37)31-15-23-28-9-1-10-29-23)32-24(35)8-11-30-25(36)20-13-17-4-7-19(34)14-22(17)39-27(20)38/h1-7,9-10,13-14,21,33-34H,8,11-12,15H2,(H,30,36)(H,31,37)(H,32,35). The molecular weight excluding hydrogens is 506 g/mol. The number of carbonyl (C=O) groups excluding carboxylic acids is 3. The molecule has 0 aliphatic rings. The van der Waals surface area contributed by atoms with Gasteiger partial charge < -0.3 is 30.6 Å². The van der Waals surface area contributed by atoms with Gasteiger partial charge in [-0.15, -0.1) is 0 Å². The van der Waals surface area contributed by atoms with Crippen LogP contribution in [0.15, 0.2) is 76.2 Å². The largest absolute Gasteiger partial charge is 0.508 e. The number of carbonyl (C=O) groups is 3. The Bertz CT molecular complexity index is 1540. The highest BCUT2D eigenvalue weighted by molar-refractivity contribution is 5.97. The number of aromatic nitrogens is 2. The third-order valence-electron chi connectivity index (χ3n) is 5.67. The van der Waals surface area contributed by atoms with Crippen LogP contribution in [0, 0.1) is 0 Å². The molecule has 0 aliphatic carbocycles. The average Bonchev–Trinajstić information content (AvgIpc) is 2.92. The Morgan fingerprint density at radius 3 is 2.38 bits per heavy atom. The molecule has 0 aliphatic heterocycles. The topological polar surface area (TPSA) is 184 Å². The molecule has 4 aromatic rings. The van der Waals surface area contributed by atoms with Crippen molar-refractivity contribution in [1.82, 2.24) is 25.9 Å². The normalized spacial score (nSPS) is 11.5. The van der Waals surface area contributed by atoms with E-state index >= 15 is 0 Å². The van der Waals surface area contributed by atoms with E-state index in [0.29, 0.717) is 16.8 Å². The summed E-state index contributed by atoms with van der Waals surface area (Å²) < 4.78 is 5.10. The summed E-state index contributed by atoms with van der Waals surface area (Å²) in [6.45, 7) is -0.0469. The number of rotatable bonds is 10. The molecule has 12 nitrogen and oxygen atoms in total. The highest BCUT2D eigenvalue weighted by atomic mass is 16.4. The van der Waals surface area contributed by atoms with Gasteiger partial charge in [0.25, 0.3) is 5.91 Å². The molecule has 39 heavy (non-hydrogen) atoms. The van der Waals surface area contributed by atoms with Crippen molar-refractivity contribution >= 4 is 28.7 Å². The molecule has 4 rings (SSSR count). The molecule has 0 saturated carbocycles. The van der Waals surface area contributed by atoms with Crippen molar-refractivity contribution in [3.8, 4) is 11.5 Å². The highest BCUT2D eigenvalue weighted by Gasteiger charge is 2.22. The van der Waals surface area contributed by atoms with Crippen LogP contribution in [0.25, 0.3) is 11.0 Å². The summed E-state index contributed by atoms with van der Waals surface area (Å²) in [5.74, 6) is -1.32. The number of fused-ring (bicyclic) bond motifs is 1. The first-order valence-corrected chi connectivity index (χ1v) is 11.9. The summed E-state index contributed by atoms with van der Waals surface area (Å²) in [7, 11) is 0. The van der Waals surface area contributed by atoms with Gasteiger partial charge in [0, 0.05) is 43.2 Å². The van der Waals surface area contributed by atoms with Gasteiger partial charge in [-0.2, -0.15) is 0 Å². The lowest BCUT2D eigenvalue weighted by atomic mass is 10.0. The Morgan fingerprint density at radius 1 is 0.923 bits per heavy atom. The zero-order valence-corrected chi connectivity index (χ0v) is 20.6. The van der Waals surface area contributed by atoms with Crippen LogP contribution >= 0.6 is 0 Å². The molecule has 200 valence electrons. The molecule has 0 bridgehead atoms. The van der Waals surface area contributed by atoms with Crippen LogP contribution < -0.4 is 21.6 Å². The number of hydrogen-bond donors (Lipinski definition) is 5. The summed E-state index contributed by atoms with van der Waals surface area (Å²) in [6, 6.07) is 12.4. The second kappa shape index (κ2) is 12.3. The molecule has 1 unspecified atom stereocenters. The number of nitrogens with zero attached hydrogens (tertiary/aromatic N) is 2. The van der Waals surface area contributed by atoms with Gasteiger partial charge in [0.15, 0.2) is 0 Å². The molecule has 1 atom stereocenters. The molecule has 2 aromatic heterocycles. The third kappa shape index (κ3) is 7.38. The van der Waals surface area contributed by atoms with Gasteiger partial charge in [-0.25, -0.2) is 14.8 Å². The van der Waals surface area contributed by atoms with Crippen molar-refractivity contribution in [3.63, 3.8) is 0 Å². The number of hydrogen-bond acceptors (Lipinski definition) is 9. The smallest absolute Gasteiger partial charge is 0.349 e. The fourth-order valence-corrected chi connectivity index (χ4v) is 3.70. The number of phenolic OH excluding ortho intramolecular Hbond substituents is 2. The minimum absolute atomic E-state index is 0.0611. The van der Waals surface area contributed by atoms with Crippen molar-refractivity contribution < 1.29 is 29.0 Å². The monoisotopic (exact) mass is 531 g/mol. The van der Waals surface area contributed by atoms with Crippen LogP contribution in [-0.2, 0) is 22.6 Å². The summed E-state index contributed by atoms with van der Waals surface area (Å²) in [6.07, 6.45) is 3.07. The van der Waals surface area contributed by atoms with E-state index in [4.69, 9.17) is 4.42 Å². The molecule has 2 aromatic carbocycles. The highest BCUT2D eigenvalue weighted by Crippen LogP contribution is 2.19. The predicted molar refractivity (Wildman–Crippen MR) is 139 cm³/mol. The van der Waals surface area contributed by atoms with Gasteiger partial charge >= 0.3 is 5.63 Å². The second-order valence-electron chi connectivity index (χ2n) is 8.55. The van der Waals surface area contributed by atoms with Gasteiger partial charge in [-0.1, -0.05) is 12.1 Å². The van der Waals surface area contributed by atoms with E-state index < -0.39 is 29.4 Å². The number of benzene rings is 2. The van der Waals surface area contributed by atoms with Crippen LogP contribution in [0.5, 0.6) is 11.5 Å². The minimum Gasteiger partial charge on any atom is -0.508 e. The third-order valence-corrected chi connectivity index (χ3v) is 5.67. The van der Waals surface area contributed by atoms with Gasteiger partial charge in [0.1, 0.15) is 34.5 Å². The first kappa shape index (κ1) is 26.8. The Kier molecular flexibility index (Phi) is 8.46. The van der Waals surface area contributed by atoms with Crippen LogP contribution in [0.1, 0.15) is 28.2 Å². The molecular formula is C27H25N5O7. The molecule has 0 fully saturated rings. The zero-order chi connectivity index (χ0) is 27.8. The van der Waals surface area contributed by atoms with E-state index in [1.54, 1.807) is 30.6 Å². The maximum Gasteiger partial charge on any atom is 0.349 e. The van der Waals surface area contributed by atoms with Crippen molar-refractivity contribution in [1.29, 1.82) is 0 Å². The van der Waals surface area contributed by atoms with E-state index in [9.17, 15) is 29.4 Å². The first-order valence-electron chi connectivity index (χ1n) is 11.9. The van der Waals surface area contributed by atoms with E-state index in [1.807, 2.05) is 0 Å². The number of amides is 3. The molecule has 0 radical (unpaired) electrons. The van der Waals surface area contributed by atoms with Crippen molar-refractivity contribution in [2.45, 2.75) is 25.4 Å². The van der Waals surface area contributed by atoms with Crippen LogP contribution in [0.4, 0.5) is 0 Å². The maximum atomic E-state index is 12.9. The lowest BCUT2D eigenvalue weighted by Gasteiger charge is -2.19. The Balaban J connectivity index is 1.35. The predicted octanol–water partition coefficient (Wildman–Crippen LogP) is 1.16. The van der Waals surface area contributed by atoms with E-state index in [-0.39, 0.29) is 48.6 Å². The molecule has 0 saturated heterocycles. The van der Waals surface area contributed by atoms with Crippen molar-refractivity contribution in [2.24, 2.45) is 0 Å². The molecule has 5 N–H and O–H groups in total. The fraction of sp³-hybridized carbons (Fsp3) is 0.185. The Labute approximate surface area is 221 Å². The maximum absolute atomic E-state index is 12.9. The van der Waals surface area contributed by atoms with Crippen molar-refractivity contribution in [3.05, 3.63) is 94.4 Å². The Hall–Kier alpha value is -5.26. The number of aromatic hydroxyl groups is 2. The fourth-order valence-electron chi connectivity index (χ4n) is 3.70. The van der Waals surface area contributed by atoms with E-state index in [2.05, 4.69) is 25.9 Å². The molecule has 2 heterocycles. The molecule has 0 spiro atoms. The van der Waals surface area contributed by atoms with Gasteiger partial charge in [-0.05, 0) is 42.0 Å². The summed E-state index contributed by atoms with van der Waals surface area (Å²) in [5.41, 5.74) is -0.300. The summed E-state index contributed by atoms with van der Waals surface area (Å²) in [4.78, 5) is 58.4. The van der Waals surface area contributed by atoms with Gasteiger partial charge in [-0.3, -0.25) is 14.4 Å². The number of phenols is 2. The van der Waals surface area contributed by atoms with E-state index in [1.165, 1.54) is 36.4 Å². The molecule has 12 heteroatoms. The first-order chi connectivity index (χ1) is 18.8. The SMILES string of the molecule is O=C(CCNC(=O)c1cc2ccc(O)cc2oc1=O)NC(Cc1ccc(O)cc1)C(=O)NCc1ncccn1. The van der Waals surface area contributed by atoms with Gasteiger partial charge in [0.2, 0.25) is 11.8 Å². The van der Waals surface area contributed by atoms with Crippen LogP contribution in [-0.4, -0.2) is 50.5 Å². The second-order valence-corrected chi connectivity index (χ2v) is 8.55. The quantitative estimate of drug-likeness (QED) is 0.187. The van der Waals surface area contributed by atoms with Crippen molar-refractivity contribution in [2.75, 3.05) is 6.54 Å².